The summed E-state index contributed by atoms with van der Waals surface area (Å²) in [6.45, 7) is 10.4. The van der Waals surface area contributed by atoms with Gasteiger partial charge >= 0.3 is 0 Å². The van der Waals surface area contributed by atoms with E-state index in [0.717, 1.165) is 0 Å². The number of fused-ring (bicyclic) bond motifs is 1. The summed E-state index contributed by atoms with van der Waals surface area (Å²) in [5.41, 5.74) is 3.15. The number of halogens is 1. The maximum atomic E-state index is 14.0. The van der Waals surface area contributed by atoms with Crippen LogP contribution in [0.4, 0.5) is 4.39 Å². The largest absolute Gasteiger partial charge is 0.455 e. The number of nitrogens with zero attached hydrogens (tertiary/aromatic N) is 3. The second kappa shape index (κ2) is 9.22. The van der Waals surface area contributed by atoms with Gasteiger partial charge in [0.15, 0.2) is 11.2 Å². The highest BCUT2D eigenvalue weighted by Crippen LogP contribution is 2.37. The molecule has 0 amide bonds. The van der Waals surface area contributed by atoms with Crippen molar-refractivity contribution in [2.45, 2.75) is 47.1 Å². The fraction of sp³-hybridized carbons (Fsp3) is 0.233. The van der Waals surface area contributed by atoms with Gasteiger partial charge in [-0.25, -0.2) is 4.39 Å². The van der Waals surface area contributed by atoms with Crippen LogP contribution in [0.2, 0.25) is 0 Å². The highest BCUT2D eigenvalue weighted by Gasteiger charge is 2.21. The number of hydrogen-bond donors (Lipinski definition) is 1. The van der Waals surface area contributed by atoms with Crippen LogP contribution in [0.15, 0.2) is 64.0 Å². The third kappa shape index (κ3) is 4.59. The molecule has 5 aromatic rings. The van der Waals surface area contributed by atoms with E-state index in [1.165, 1.54) is 12.1 Å². The molecule has 1 N–H and O–H groups in total. The quantitative estimate of drug-likeness (QED) is 0.291. The summed E-state index contributed by atoms with van der Waals surface area (Å²) in [6.07, 6.45) is 1.75. The van der Waals surface area contributed by atoms with Gasteiger partial charge in [-0.3, -0.25) is 4.79 Å². The molecule has 2 aromatic heterocycles. The van der Waals surface area contributed by atoms with Gasteiger partial charge in [-0.1, -0.05) is 11.2 Å². The minimum atomic E-state index is -1.12. The molecular formula is C30H28FN3O4. The first kappa shape index (κ1) is 25.4. The summed E-state index contributed by atoms with van der Waals surface area (Å²) >= 11 is 0. The van der Waals surface area contributed by atoms with Crippen LogP contribution in [-0.4, -0.2) is 19.8 Å². The topological polar surface area (TPSA) is 90.4 Å². The van der Waals surface area contributed by atoms with E-state index < -0.39 is 5.60 Å². The first-order valence-electron chi connectivity index (χ1n) is 12.2. The number of aliphatic hydroxyl groups is 1. The van der Waals surface area contributed by atoms with E-state index in [1.54, 1.807) is 65.9 Å². The molecule has 0 fully saturated rings. The van der Waals surface area contributed by atoms with Crippen LogP contribution < -0.4 is 10.2 Å². The fourth-order valence-corrected chi connectivity index (χ4v) is 4.56. The van der Waals surface area contributed by atoms with Crippen LogP contribution in [-0.2, 0) is 5.60 Å². The molecule has 3 aromatic carbocycles. The van der Waals surface area contributed by atoms with E-state index in [2.05, 4.69) is 10.1 Å². The van der Waals surface area contributed by atoms with Crippen molar-refractivity contribution >= 4 is 10.9 Å². The lowest BCUT2D eigenvalue weighted by Crippen LogP contribution is -2.17. The summed E-state index contributed by atoms with van der Waals surface area (Å²) in [5.74, 6) is 1.52. The van der Waals surface area contributed by atoms with E-state index in [9.17, 15) is 14.3 Å². The number of hydrogen-bond acceptors (Lipinski definition) is 6. The average molecular weight is 514 g/mol. The number of aromatic nitrogens is 3. The number of rotatable bonds is 5. The van der Waals surface area contributed by atoms with Crippen molar-refractivity contribution in [2.75, 3.05) is 0 Å². The smallest absolute Gasteiger partial charge is 0.223 e. The van der Waals surface area contributed by atoms with Crippen LogP contribution in [0.1, 0.15) is 42.0 Å². The normalized spacial score (nSPS) is 11.8. The van der Waals surface area contributed by atoms with Crippen molar-refractivity contribution < 1.29 is 18.8 Å². The third-order valence-corrected chi connectivity index (χ3v) is 6.53. The molecule has 0 saturated heterocycles. The van der Waals surface area contributed by atoms with E-state index in [1.807, 2.05) is 22.8 Å². The Morgan fingerprint density at radius 3 is 2.32 bits per heavy atom. The molecule has 0 spiro atoms. The van der Waals surface area contributed by atoms with Crippen LogP contribution in [0, 0.1) is 33.5 Å². The molecule has 194 valence electrons. The Bertz CT molecular complexity index is 1740. The summed E-state index contributed by atoms with van der Waals surface area (Å²) in [5, 5.41) is 15.2. The number of benzene rings is 3. The molecule has 0 saturated carbocycles. The molecule has 0 aliphatic carbocycles. The highest BCUT2D eigenvalue weighted by atomic mass is 19.1. The molecule has 2 heterocycles. The van der Waals surface area contributed by atoms with Crippen LogP contribution in [0.5, 0.6) is 11.5 Å². The summed E-state index contributed by atoms with van der Waals surface area (Å²) in [7, 11) is 0. The van der Waals surface area contributed by atoms with Crippen molar-refractivity contribution in [3.8, 4) is 28.6 Å². The van der Waals surface area contributed by atoms with Gasteiger partial charge in [0.1, 0.15) is 11.6 Å². The first-order chi connectivity index (χ1) is 17.9. The maximum absolute atomic E-state index is 14.0. The Hall–Kier alpha value is -4.30. The molecule has 0 atom stereocenters. The van der Waals surface area contributed by atoms with Gasteiger partial charge in [-0.15, -0.1) is 0 Å². The van der Waals surface area contributed by atoms with E-state index in [0.29, 0.717) is 67.6 Å². The lowest BCUT2D eigenvalue weighted by molar-refractivity contribution is 0.0785. The molecule has 8 heteroatoms. The van der Waals surface area contributed by atoms with Gasteiger partial charge in [0, 0.05) is 29.6 Å². The second-order valence-electron chi connectivity index (χ2n) is 10.1. The van der Waals surface area contributed by atoms with Crippen LogP contribution >= 0.6 is 0 Å². The zero-order valence-corrected chi connectivity index (χ0v) is 22.1. The van der Waals surface area contributed by atoms with Gasteiger partial charge in [-0.2, -0.15) is 4.98 Å². The van der Waals surface area contributed by atoms with Crippen LogP contribution in [0.25, 0.3) is 28.0 Å². The molecule has 0 bridgehead atoms. The van der Waals surface area contributed by atoms with Gasteiger partial charge in [0.2, 0.25) is 11.7 Å². The minimum absolute atomic E-state index is 0.121. The second-order valence-corrected chi connectivity index (χ2v) is 10.1. The lowest BCUT2D eigenvalue weighted by Gasteiger charge is -2.23. The predicted molar refractivity (Wildman–Crippen MR) is 144 cm³/mol. The van der Waals surface area contributed by atoms with Crippen molar-refractivity contribution in [3.63, 3.8) is 0 Å². The molecule has 5 rings (SSSR count). The Morgan fingerprint density at radius 1 is 0.974 bits per heavy atom. The van der Waals surface area contributed by atoms with Crippen molar-refractivity contribution in [2.24, 2.45) is 0 Å². The lowest BCUT2D eigenvalue weighted by atomic mass is 9.97. The molecule has 0 unspecified atom stereocenters. The Labute approximate surface area is 219 Å². The SMILES string of the molecule is Cc1nc(-c2ccc3c(c2)c(=O)c(C)cn3-c2cc(C(C)(C)O)ccc2Oc2c(C)cc(F)cc2C)no1. The summed E-state index contributed by atoms with van der Waals surface area (Å²) in [6, 6.07) is 13.7. The summed E-state index contributed by atoms with van der Waals surface area (Å²) < 4.78 is 27.3. The minimum Gasteiger partial charge on any atom is -0.455 e. The first-order valence-corrected chi connectivity index (χ1v) is 12.2. The molecule has 0 aliphatic heterocycles. The zero-order chi connectivity index (χ0) is 27.4. The molecular weight excluding hydrogens is 485 g/mol. The predicted octanol–water partition coefficient (Wildman–Crippen LogP) is 6.43. The monoisotopic (exact) mass is 513 g/mol. The molecule has 38 heavy (non-hydrogen) atoms. The van der Waals surface area contributed by atoms with Crippen LogP contribution in [0.3, 0.4) is 0 Å². The standard InChI is InChI=1S/C30H28FN3O4/c1-16-11-22(31)12-17(2)28(16)37-26-10-8-21(30(5,6)36)14-25(26)34-15-18(3)27(35)23-13-20(7-9-24(23)34)29-32-19(4)38-33-29/h7-15,36H,1-6H3. The molecule has 7 nitrogen and oxygen atoms in total. The number of aryl methyl sites for hydroxylation is 4. The van der Waals surface area contributed by atoms with Gasteiger partial charge in [0.05, 0.1) is 16.8 Å². The fourth-order valence-electron chi connectivity index (χ4n) is 4.56. The van der Waals surface area contributed by atoms with Crippen molar-refractivity contribution in [1.82, 2.24) is 14.7 Å². The van der Waals surface area contributed by atoms with Gasteiger partial charge < -0.3 is 18.9 Å². The molecule has 0 radical (unpaired) electrons. The van der Waals surface area contributed by atoms with E-state index in [4.69, 9.17) is 9.26 Å². The van der Waals surface area contributed by atoms with Crippen molar-refractivity contribution in [3.05, 3.63) is 98.9 Å². The van der Waals surface area contributed by atoms with Crippen molar-refractivity contribution in [1.29, 1.82) is 0 Å². The summed E-state index contributed by atoms with van der Waals surface area (Å²) in [4.78, 5) is 17.5. The third-order valence-electron chi connectivity index (χ3n) is 6.53. The Morgan fingerprint density at radius 2 is 1.68 bits per heavy atom. The highest BCUT2D eigenvalue weighted by molar-refractivity contribution is 5.86. The Balaban J connectivity index is 1.76. The average Bonchev–Trinajstić information content (AvgIpc) is 3.29. The molecule has 0 aliphatic rings. The zero-order valence-electron chi connectivity index (χ0n) is 22.1. The number of ether oxygens (including phenoxy) is 1. The van der Waals surface area contributed by atoms with E-state index >= 15 is 0 Å². The van der Waals surface area contributed by atoms with Gasteiger partial charge in [0.25, 0.3) is 0 Å². The van der Waals surface area contributed by atoms with E-state index in [-0.39, 0.29) is 11.2 Å². The van der Waals surface area contributed by atoms with Gasteiger partial charge in [-0.05, 0) is 93.8 Å². The maximum Gasteiger partial charge on any atom is 0.223 e. The number of pyridine rings is 1. The Kier molecular flexibility index (Phi) is 6.15.